The number of nitrogens with zero attached hydrogens (tertiary/aromatic N) is 1. The van der Waals surface area contributed by atoms with Gasteiger partial charge in [-0.05, 0) is 18.2 Å². The largest absolute Gasteiger partial charge is 0.329 e. The lowest BCUT2D eigenvalue weighted by Crippen LogP contribution is -2.15. The van der Waals surface area contributed by atoms with Crippen molar-refractivity contribution in [2.24, 2.45) is 0 Å². The number of aromatic amines is 1. The van der Waals surface area contributed by atoms with E-state index in [0.29, 0.717) is 0 Å². The first-order valence-electron chi connectivity index (χ1n) is 5.41. The van der Waals surface area contributed by atoms with Crippen LogP contribution >= 0.6 is 11.6 Å². The lowest BCUT2D eigenvalue weighted by molar-refractivity contribution is -0.384. The number of H-pyrrole nitrogens is 1. The molecule has 1 heterocycles. The highest BCUT2D eigenvalue weighted by Crippen LogP contribution is 2.27. The summed E-state index contributed by atoms with van der Waals surface area (Å²) in [7, 11) is 0. The van der Waals surface area contributed by atoms with Crippen LogP contribution in [0, 0.1) is 10.1 Å². The molecule has 7 nitrogen and oxygen atoms in total. The maximum Gasteiger partial charge on any atom is 0.289 e. The monoisotopic (exact) mass is 293 g/mol. The standard InChI is InChI=1S/C12H8ClN3O4/c13-9-2-1-8(6-10(9)16(19)20)15-12(18)7-3-4-14-11(17)5-7/h1-6H,(H,14,17)(H,15,18). The molecule has 0 fully saturated rings. The Labute approximate surface area is 117 Å². The molecule has 0 spiro atoms. The third-order valence-corrected chi connectivity index (χ3v) is 2.76. The summed E-state index contributed by atoms with van der Waals surface area (Å²) < 4.78 is 0. The first-order chi connectivity index (χ1) is 9.47. The van der Waals surface area contributed by atoms with E-state index in [4.69, 9.17) is 11.6 Å². The van der Waals surface area contributed by atoms with Crippen LogP contribution in [0.15, 0.2) is 41.3 Å². The molecular formula is C12H8ClN3O4. The lowest BCUT2D eigenvalue weighted by Gasteiger charge is -2.05. The van der Waals surface area contributed by atoms with Crippen LogP contribution in [-0.4, -0.2) is 15.8 Å². The van der Waals surface area contributed by atoms with Crippen LogP contribution in [0.3, 0.4) is 0 Å². The number of amides is 1. The van der Waals surface area contributed by atoms with E-state index in [1.54, 1.807) is 0 Å². The van der Waals surface area contributed by atoms with Crippen LogP contribution in [-0.2, 0) is 0 Å². The molecule has 0 radical (unpaired) electrons. The van der Waals surface area contributed by atoms with Crippen molar-refractivity contribution in [3.8, 4) is 0 Å². The molecular weight excluding hydrogens is 286 g/mol. The number of carbonyl (C=O) groups excluding carboxylic acids is 1. The summed E-state index contributed by atoms with van der Waals surface area (Å²) in [5.74, 6) is -0.548. The minimum absolute atomic E-state index is 0.0239. The first-order valence-corrected chi connectivity index (χ1v) is 5.79. The highest BCUT2D eigenvalue weighted by atomic mass is 35.5. The van der Waals surface area contributed by atoms with Crippen molar-refractivity contribution < 1.29 is 9.72 Å². The van der Waals surface area contributed by atoms with Gasteiger partial charge in [0.25, 0.3) is 11.6 Å². The summed E-state index contributed by atoms with van der Waals surface area (Å²) in [6.07, 6.45) is 1.33. The zero-order valence-corrected chi connectivity index (χ0v) is 10.7. The van der Waals surface area contributed by atoms with Gasteiger partial charge in [0.05, 0.1) is 4.92 Å². The molecule has 2 N–H and O–H groups in total. The SMILES string of the molecule is O=C(Nc1ccc(Cl)c([N+](=O)[O-])c1)c1cc[nH]c(=O)c1. The lowest BCUT2D eigenvalue weighted by atomic mass is 10.2. The number of nitrogens with one attached hydrogen (secondary N) is 2. The van der Waals surface area contributed by atoms with E-state index in [9.17, 15) is 19.7 Å². The third kappa shape index (κ3) is 3.01. The predicted octanol–water partition coefficient (Wildman–Crippen LogP) is 2.19. The molecule has 8 heteroatoms. The van der Waals surface area contributed by atoms with Gasteiger partial charge in [0, 0.05) is 29.6 Å². The Kier molecular flexibility index (Phi) is 3.81. The number of hydrogen-bond acceptors (Lipinski definition) is 4. The Balaban J connectivity index is 2.26. The Bertz CT molecular complexity index is 741. The van der Waals surface area contributed by atoms with Gasteiger partial charge in [0.1, 0.15) is 5.02 Å². The molecule has 0 aliphatic carbocycles. The van der Waals surface area contributed by atoms with Gasteiger partial charge in [-0.2, -0.15) is 0 Å². The number of carbonyl (C=O) groups is 1. The molecule has 2 aromatic rings. The number of anilines is 1. The number of rotatable bonds is 3. The maximum absolute atomic E-state index is 11.9. The summed E-state index contributed by atoms with van der Waals surface area (Å²) >= 11 is 5.67. The van der Waals surface area contributed by atoms with Crippen LogP contribution in [0.5, 0.6) is 0 Å². The van der Waals surface area contributed by atoms with Gasteiger partial charge in [0.2, 0.25) is 5.56 Å². The van der Waals surface area contributed by atoms with E-state index in [-0.39, 0.29) is 22.0 Å². The average Bonchev–Trinajstić information content (AvgIpc) is 2.40. The Hall–Kier alpha value is -2.67. The highest BCUT2D eigenvalue weighted by Gasteiger charge is 2.14. The van der Waals surface area contributed by atoms with Crippen molar-refractivity contribution in [3.05, 3.63) is 67.6 Å². The normalized spacial score (nSPS) is 10.1. The third-order valence-electron chi connectivity index (χ3n) is 2.44. The fraction of sp³-hybridized carbons (Fsp3) is 0. The first kappa shape index (κ1) is 13.8. The second-order valence-corrected chi connectivity index (χ2v) is 4.23. The fourth-order valence-electron chi connectivity index (χ4n) is 1.52. The predicted molar refractivity (Wildman–Crippen MR) is 73.1 cm³/mol. The van der Waals surface area contributed by atoms with Crippen LogP contribution < -0.4 is 10.9 Å². The van der Waals surface area contributed by atoms with Crippen molar-refractivity contribution in [2.75, 3.05) is 5.32 Å². The van der Waals surface area contributed by atoms with Crippen LogP contribution in [0.4, 0.5) is 11.4 Å². The van der Waals surface area contributed by atoms with Gasteiger partial charge in [-0.1, -0.05) is 11.6 Å². The number of benzene rings is 1. The molecule has 0 unspecified atom stereocenters. The molecule has 1 aromatic carbocycles. The van der Waals surface area contributed by atoms with Crippen molar-refractivity contribution in [3.63, 3.8) is 0 Å². The Morgan fingerprint density at radius 1 is 1.30 bits per heavy atom. The van der Waals surface area contributed by atoms with E-state index in [1.165, 1.54) is 24.4 Å². The maximum atomic E-state index is 11.9. The van der Waals surface area contributed by atoms with Gasteiger partial charge in [0.15, 0.2) is 0 Å². The van der Waals surface area contributed by atoms with Gasteiger partial charge in [-0.15, -0.1) is 0 Å². The minimum Gasteiger partial charge on any atom is -0.329 e. The summed E-state index contributed by atoms with van der Waals surface area (Å²) in [5, 5.41) is 13.2. The number of halogens is 1. The van der Waals surface area contributed by atoms with Crippen LogP contribution in [0.1, 0.15) is 10.4 Å². The van der Waals surface area contributed by atoms with Crippen LogP contribution in [0.25, 0.3) is 0 Å². The van der Waals surface area contributed by atoms with Gasteiger partial charge >= 0.3 is 0 Å². The molecule has 2 rings (SSSR count). The molecule has 102 valence electrons. The molecule has 1 amide bonds. The molecule has 0 aliphatic heterocycles. The number of nitro benzene ring substituents is 1. The van der Waals surface area contributed by atoms with Crippen molar-refractivity contribution in [1.82, 2.24) is 4.98 Å². The second-order valence-electron chi connectivity index (χ2n) is 3.82. The minimum atomic E-state index is -0.648. The highest BCUT2D eigenvalue weighted by molar-refractivity contribution is 6.32. The Morgan fingerprint density at radius 3 is 2.70 bits per heavy atom. The van der Waals surface area contributed by atoms with E-state index in [0.717, 1.165) is 12.1 Å². The fourth-order valence-corrected chi connectivity index (χ4v) is 1.71. The smallest absolute Gasteiger partial charge is 0.289 e. The summed E-state index contributed by atoms with van der Waals surface area (Å²) in [4.78, 5) is 35.4. The molecule has 0 saturated carbocycles. The van der Waals surface area contributed by atoms with Gasteiger partial charge in [-0.3, -0.25) is 19.7 Å². The summed E-state index contributed by atoms with van der Waals surface area (Å²) in [6.45, 7) is 0. The van der Waals surface area contributed by atoms with E-state index in [1.807, 2.05) is 0 Å². The van der Waals surface area contributed by atoms with Crippen molar-refractivity contribution >= 4 is 28.9 Å². The molecule has 20 heavy (non-hydrogen) atoms. The van der Waals surface area contributed by atoms with Gasteiger partial charge in [-0.25, -0.2) is 0 Å². The van der Waals surface area contributed by atoms with Crippen LogP contribution in [0.2, 0.25) is 5.02 Å². The summed E-state index contributed by atoms with van der Waals surface area (Å²) in [5.41, 5.74) is -0.368. The number of aromatic nitrogens is 1. The van der Waals surface area contributed by atoms with E-state index in [2.05, 4.69) is 10.3 Å². The zero-order chi connectivity index (χ0) is 14.7. The molecule has 1 aromatic heterocycles. The molecule has 0 atom stereocenters. The quantitative estimate of drug-likeness (QED) is 0.668. The number of hydrogen-bond donors (Lipinski definition) is 2. The van der Waals surface area contributed by atoms with E-state index < -0.39 is 16.4 Å². The molecule has 0 saturated heterocycles. The van der Waals surface area contributed by atoms with Crippen molar-refractivity contribution in [1.29, 1.82) is 0 Å². The molecule has 0 bridgehead atoms. The topological polar surface area (TPSA) is 105 Å². The number of pyridine rings is 1. The Morgan fingerprint density at radius 2 is 2.05 bits per heavy atom. The average molecular weight is 294 g/mol. The number of nitro groups is 1. The van der Waals surface area contributed by atoms with Crippen molar-refractivity contribution in [2.45, 2.75) is 0 Å². The van der Waals surface area contributed by atoms with Gasteiger partial charge < -0.3 is 10.3 Å². The van der Waals surface area contributed by atoms with E-state index >= 15 is 0 Å². The molecule has 0 aliphatic rings. The summed E-state index contributed by atoms with van der Waals surface area (Å²) in [6, 6.07) is 6.43. The second kappa shape index (κ2) is 5.54. The zero-order valence-electron chi connectivity index (χ0n) is 9.92.